The van der Waals surface area contributed by atoms with Crippen molar-refractivity contribution in [3.05, 3.63) is 0 Å². The minimum absolute atomic E-state index is 0.391. The van der Waals surface area contributed by atoms with E-state index in [1.807, 2.05) is 0 Å². The van der Waals surface area contributed by atoms with Crippen LogP contribution in [-0.4, -0.2) is 49.1 Å². The first-order valence-electron chi connectivity index (χ1n) is 5.53. The average molecular weight is 195 g/mol. The molecule has 0 aliphatic carbocycles. The third kappa shape index (κ3) is 3.65. The highest BCUT2D eigenvalue weighted by Gasteiger charge is 2.13. The molecule has 1 aliphatic rings. The van der Waals surface area contributed by atoms with Gasteiger partial charge in [0.15, 0.2) is 0 Å². The van der Waals surface area contributed by atoms with Crippen LogP contribution in [0.1, 0.15) is 26.2 Å². The Morgan fingerprint density at radius 1 is 1.43 bits per heavy atom. The van der Waals surface area contributed by atoms with Gasteiger partial charge in [0.2, 0.25) is 0 Å². The molecule has 1 heterocycles. The summed E-state index contributed by atoms with van der Waals surface area (Å²) in [6.07, 6.45) is 3.35. The standard InChI is InChI=1S/C11H21N3/c1-11(5-6-12)13(2)9-10-14-7-3-4-8-14/h11H,3-5,7-10H2,1-2H3. The van der Waals surface area contributed by atoms with Gasteiger partial charge in [-0.25, -0.2) is 0 Å². The zero-order chi connectivity index (χ0) is 10.4. The fourth-order valence-electron chi connectivity index (χ4n) is 1.81. The topological polar surface area (TPSA) is 30.3 Å². The summed E-state index contributed by atoms with van der Waals surface area (Å²) in [5, 5.41) is 8.58. The average Bonchev–Trinajstić information content (AvgIpc) is 2.67. The number of rotatable bonds is 5. The van der Waals surface area contributed by atoms with Gasteiger partial charge in [-0.05, 0) is 39.9 Å². The lowest BCUT2D eigenvalue weighted by molar-refractivity contribution is 0.217. The lowest BCUT2D eigenvalue weighted by Gasteiger charge is -2.25. The first kappa shape index (κ1) is 11.5. The van der Waals surface area contributed by atoms with Gasteiger partial charge in [0.25, 0.3) is 0 Å². The maximum absolute atomic E-state index is 8.58. The molecule has 1 rings (SSSR count). The van der Waals surface area contributed by atoms with Crippen molar-refractivity contribution in [2.45, 2.75) is 32.2 Å². The van der Waals surface area contributed by atoms with Crippen molar-refractivity contribution < 1.29 is 0 Å². The van der Waals surface area contributed by atoms with Crippen molar-refractivity contribution in [3.8, 4) is 6.07 Å². The van der Waals surface area contributed by atoms with Crippen LogP contribution in [0.3, 0.4) is 0 Å². The molecule has 80 valence electrons. The molecule has 3 heteroatoms. The first-order valence-corrected chi connectivity index (χ1v) is 5.53. The van der Waals surface area contributed by atoms with Crippen LogP contribution in [0.2, 0.25) is 0 Å². The molecule has 0 bridgehead atoms. The molecule has 14 heavy (non-hydrogen) atoms. The molecular formula is C11H21N3. The fraction of sp³-hybridized carbons (Fsp3) is 0.909. The SMILES string of the molecule is CC(CC#N)N(C)CCN1CCCC1. The maximum atomic E-state index is 8.58. The van der Waals surface area contributed by atoms with Gasteiger partial charge in [-0.3, -0.25) is 0 Å². The number of hydrogen-bond acceptors (Lipinski definition) is 3. The smallest absolute Gasteiger partial charge is 0.0638 e. The summed E-state index contributed by atoms with van der Waals surface area (Å²) in [4.78, 5) is 4.79. The van der Waals surface area contributed by atoms with E-state index < -0.39 is 0 Å². The van der Waals surface area contributed by atoms with Gasteiger partial charge < -0.3 is 9.80 Å². The van der Waals surface area contributed by atoms with Crippen LogP contribution >= 0.6 is 0 Å². The summed E-state index contributed by atoms with van der Waals surface area (Å²) in [7, 11) is 2.11. The van der Waals surface area contributed by atoms with E-state index in [4.69, 9.17) is 5.26 Å². The molecule has 3 nitrogen and oxygen atoms in total. The van der Waals surface area contributed by atoms with Crippen molar-refractivity contribution in [1.82, 2.24) is 9.80 Å². The predicted molar refractivity (Wildman–Crippen MR) is 58.0 cm³/mol. The number of likely N-dealkylation sites (N-methyl/N-ethyl adjacent to an activating group) is 1. The van der Waals surface area contributed by atoms with Gasteiger partial charge in [-0.2, -0.15) is 5.26 Å². The Morgan fingerprint density at radius 2 is 2.07 bits per heavy atom. The van der Waals surface area contributed by atoms with Crippen LogP contribution in [0.15, 0.2) is 0 Å². The molecular weight excluding hydrogens is 174 g/mol. The van der Waals surface area contributed by atoms with Gasteiger partial charge >= 0.3 is 0 Å². The Hall–Kier alpha value is -0.590. The number of nitriles is 1. The van der Waals surface area contributed by atoms with E-state index in [9.17, 15) is 0 Å². The van der Waals surface area contributed by atoms with E-state index in [0.29, 0.717) is 12.5 Å². The van der Waals surface area contributed by atoms with Crippen LogP contribution in [0, 0.1) is 11.3 Å². The summed E-state index contributed by atoms with van der Waals surface area (Å²) in [5.41, 5.74) is 0. The molecule has 0 aromatic rings. The van der Waals surface area contributed by atoms with Crippen molar-refractivity contribution in [1.29, 1.82) is 5.26 Å². The lowest BCUT2D eigenvalue weighted by Crippen LogP contribution is -2.36. The Bertz CT molecular complexity index is 191. The molecule has 1 saturated heterocycles. The summed E-state index contributed by atoms with van der Waals surface area (Å²) in [6, 6.07) is 2.61. The third-order valence-electron chi connectivity index (χ3n) is 3.11. The van der Waals surface area contributed by atoms with Crippen LogP contribution in [0.4, 0.5) is 0 Å². The molecule has 0 saturated carbocycles. The highest BCUT2D eigenvalue weighted by molar-refractivity contribution is 4.79. The molecule has 0 aromatic carbocycles. The molecule has 1 unspecified atom stereocenters. The zero-order valence-electron chi connectivity index (χ0n) is 9.37. The molecule has 0 N–H and O–H groups in total. The monoisotopic (exact) mass is 195 g/mol. The second-order valence-electron chi connectivity index (χ2n) is 4.24. The van der Waals surface area contributed by atoms with Gasteiger partial charge in [-0.1, -0.05) is 0 Å². The highest BCUT2D eigenvalue weighted by Crippen LogP contribution is 2.07. The second kappa shape index (κ2) is 6.00. The Kier molecular flexibility index (Phi) is 4.92. The van der Waals surface area contributed by atoms with E-state index in [-0.39, 0.29) is 0 Å². The second-order valence-corrected chi connectivity index (χ2v) is 4.24. The van der Waals surface area contributed by atoms with Crippen LogP contribution in [0.5, 0.6) is 0 Å². The molecule has 0 aromatic heterocycles. The fourth-order valence-corrected chi connectivity index (χ4v) is 1.81. The van der Waals surface area contributed by atoms with Crippen molar-refractivity contribution >= 4 is 0 Å². The van der Waals surface area contributed by atoms with Gasteiger partial charge in [0.1, 0.15) is 0 Å². The lowest BCUT2D eigenvalue weighted by atomic mass is 10.2. The van der Waals surface area contributed by atoms with Crippen molar-refractivity contribution in [2.75, 3.05) is 33.2 Å². The number of likely N-dealkylation sites (tertiary alicyclic amines) is 1. The van der Waals surface area contributed by atoms with Gasteiger partial charge in [0, 0.05) is 19.1 Å². The number of nitrogens with zero attached hydrogens (tertiary/aromatic N) is 3. The summed E-state index contributed by atoms with van der Waals surface area (Å²) in [5.74, 6) is 0. The molecule has 0 spiro atoms. The van der Waals surface area contributed by atoms with E-state index >= 15 is 0 Å². The third-order valence-corrected chi connectivity index (χ3v) is 3.11. The summed E-state index contributed by atoms with van der Waals surface area (Å²) < 4.78 is 0. The van der Waals surface area contributed by atoms with Crippen LogP contribution in [0.25, 0.3) is 0 Å². The van der Waals surface area contributed by atoms with E-state index in [2.05, 4.69) is 29.8 Å². The van der Waals surface area contributed by atoms with Gasteiger partial charge in [0.05, 0.1) is 12.5 Å². The molecule has 1 atom stereocenters. The van der Waals surface area contributed by atoms with Crippen molar-refractivity contribution in [2.24, 2.45) is 0 Å². The van der Waals surface area contributed by atoms with Gasteiger partial charge in [-0.15, -0.1) is 0 Å². The zero-order valence-corrected chi connectivity index (χ0v) is 9.37. The molecule has 1 fully saturated rings. The normalized spacial score (nSPS) is 19.9. The molecule has 0 radical (unpaired) electrons. The largest absolute Gasteiger partial charge is 0.302 e. The highest BCUT2D eigenvalue weighted by atomic mass is 15.2. The number of hydrogen-bond donors (Lipinski definition) is 0. The summed E-state index contributed by atoms with van der Waals surface area (Å²) in [6.45, 7) is 6.89. The van der Waals surface area contributed by atoms with E-state index in [1.165, 1.54) is 25.9 Å². The summed E-state index contributed by atoms with van der Waals surface area (Å²) >= 11 is 0. The Balaban J connectivity index is 2.13. The first-order chi connectivity index (χ1) is 6.74. The van der Waals surface area contributed by atoms with Crippen LogP contribution < -0.4 is 0 Å². The van der Waals surface area contributed by atoms with Crippen LogP contribution in [-0.2, 0) is 0 Å². The van der Waals surface area contributed by atoms with E-state index in [0.717, 1.165) is 13.1 Å². The minimum atomic E-state index is 0.391. The van der Waals surface area contributed by atoms with E-state index in [1.54, 1.807) is 0 Å². The predicted octanol–water partition coefficient (Wildman–Crippen LogP) is 1.32. The maximum Gasteiger partial charge on any atom is 0.0638 e. The minimum Gasteiger partial charge on any atom is -0.302 e. The van der Waals surface area contributed by atoms with Crippen molar-refractivity contribution in [3.63, 3.8) is 0 Å². The Morgan fingerprint density at radius 3 is 2.64 bits per heavy atom. The Labute approximate surface area is 87.3 Å². The molecule has 0 amide bonds. The molecule has 1 aliphatic heterocycles. The quantitative estimate of drug-likeness (QED) is 0.662.